The van der Waals surface area contributed by atoms with Gasteiger partial charge in [-0.2, -0.15) is 0 Å². The average Bonchev–Trinajstić information content (AvgIpc) is 2.94. The van der Waals surface area contributed by atoms with Gasteiger partial charge in [-0.05, 0) is 35.9 Å². The van der Waals surface area contributed by atoms with Gasteiger partial charge in [-0.3, -0.25) is 0 Å². The van der Waals surface area contributed by atoms with Gasteiger partial charge in [-0.1, -0.05) is 19.9 Å². The van der Waals surface area contributed by atoms with E-state index in [1.165, 1.54) is 0 Å². The topological polar surface area (TPSA) is 75.5 Å². The Bertz CT molecular complexity index is 667. The molecule has 1 aromatic heterocycles. The lowest BCUT2D eigenvalue weighted by atomic mass is 10.0. The molecule has 1 aromatic carbocycles. The van der Waals surface area contributed by atoms with E-state index in [9.17, 15) is 4.79 Å². The van der Waals surface area contributed by atoms with E-state index in [0.717, 1.165) is 23.1 Å². The standard InChI is InChI=1S/C18H27N3O3/c1-13(2)16(7-10-22)20-18(23)19-15-5-4-14-6-8-21(9-11-24-3)17(14)12-15/h4-6,8,12-13,16,22H,7,9-11H2,1-3H3,(H2,19,20,23). The van der Waals surface area contributed by atoms with E-state index in [-0.39, 0.29) is 24.6 Å². The lowest BCUT2D eigenvalue weighted by Gasteiger charge is -2.21. The molecule has 6 heteroatoms. The SMILES string of the molecule is COCCn1ccc2ccc(NC(=O)NC(CCO)C(C)C)cc21. The van der Waals surface area contributed by atoms with Crippen molar-refractivity contribution in [2.45, 2.75) is 32.9 Å². The molecule has 2 rings (SSSR count). The van der Waals surface area contributed by atoms with Gasteiger partial charge in [0.05, 0.1) is 12.1 Å². The molecule has 132 valence electrons. The summed E-state index contributed by atoms with van der Waals surface area (Å²) in [5, 5.41) is 16.0. The van der Waals surface area contributed by atoms with Crippen molar-refractivity contribution in [2.24, 2.45) is 5.92 Å². The summed E-state index contributed by atoms with van der Waals surface area (Å²) >= 11 is 0. The number of nitrogens with zero attached hydrogens (tertiary/aromatic N) is 1. The lowest BCUT2D eigenvalue weighted by Crippen LogP contribution is -2.41. The molecule has 2 aromatic rings. The maximum absolute atomic E-state index is 12.2. The molecule has 0 bridgehead atoms. The van der Waals surface area contributed by atoms with Gasteiger partial charge in [-0.25, -0.2) is 4.79 Å². The van der Waals surface area contributed by atoms with Crippen LogP contribution in [0, 0.1) is 5.92 Å². The third-order valence-electron chi connectivity index (χ3n) is 4.13. The molecule has 1 unspecified atom stereocenters. The summed E-state index contributed by atoms with van der Waals surface area (Å²) in [5.74, 6) is 0.261. The van der Waals surface area contributed by atoms with Crippen LogP contribution in [0.4, 0.5) is 10.5 Å². The van der Waals surface area contributed by atoms with Crippen LogP contribution in [0.5, 0.6) is 0 Å². The molecule has 0 aliphatic rings. The molecule has 0 saturated heterocycles. The van der Waals surface area contributed by atoms with Gasteiger partial charge in [-0.15, -0.1) is 0 Å². The summed E-state index contributed by atoms with van der Waals surface area (Å²) in [6.45, 7) is 5.51. The van der Waals surface area contributed by atoms with Crippen LogP contribution in [0.25, 0.3) is 10.9 Å². The van der Waals surface area contributed by atoms with Crippen molar-refractivity contribution < 1.29 is 14.6 Å². The third kappa shape index (κ3) is 4.72. The number of aliphatic hydroxyl groups is 1. The van der Waals surface area contributed by atoms with Gasteiger partial charge < -0.3 is 25.0 Å². The van der Waals surface area contributed by atoms with Crippen LogP contribution in [-0.4, -0.2) is 42.1 Å². The molecular formula is C18H27N3O3. The van der Waals surface area contributed by atoms with Gasteiger partial charge in [0.2, 0.25) is 0 Å². The van der Waals surface area contributed by atoms with Crippen molar-refractivity contribution in [1.29, 1.82) is 0 Å². The molecule has 6 nitrogen and oxygen atoms in total. The minimum atomic E-state index is -0.253. The molecule has 0 fully saturated rings. The van der Waals surface area contributed by atoms with Crippen molar-refractivity contribution in [3.63, 3.8) is 0 Å². The van der Waals surface area contributed by atoms with E-state index in [2.05, 4.69) is 15.2 Å². The smallest absolute Gasteiger partial charge is 0.319 e. The van der Waals surface area contributed by atoms with E-state index in [1.807, 2.05) is 44.3 Å². The Labute approximate surface area is 142 Å². The van der Waals surface area contributed by atoms with Crippen molar-refractivity contribution in [3.8, 4) is 0 Å². The first kappa shape index (κ1) is 18.3. The number of hydrogen-bond donors (Lipinski definition) is 3. The van der Waals surface area contributed by atoms with Gasteiger partial charge in [0.15, 0.2) is 0 Å². The van der Waals surface area contributed by atoms with Gasteiger partial charge in [0.1, 0.15) is 0 Å². The normalized spacial score (nSPS) is 12.5. The Balaban J connectivity index is 2.07. The molecule has 1 heterocycles. The Morgan fingerprint density at radius 2 is 2.12 bits per heavy atom. The van der Waals surface area contributed by atoms with E-state index in [0.29, 0.717) is 13.0 Å². The van der Waals surface area contributed by atoms with Crippen molar-refractivity contribution >= 4 is 22.6 Å². The minimum Gasteiger partial charge on any atom is -0.396 e. The molecule has 0 saturated carbocycles. The van der Waals surface area contributed by atoms with Gasteiger partial charge in [0.25, 0.3) is 0 Å². The summed E-state index contributed by atoms with van der Waals surface area (Å²) in [5.41, 5.74) is 1.80. The molecule has 0 aliphatic carbocycles. The van der Waals surface area contributed by atoms with Gasteiger partial charge >= 0.3 is 6.03 Å². The van der Waals surface area contributed by atoms with Crippen LogP contribution >= 0.6 is 0 Å². The summed E-state index contributed by atoms with van der Waals surface area (Å²) in [6.07, 6.45) is 2.56. The van der Waals surface area contributed by atoms with Crippen LogP contribution in [0.1, 0.15) is 20.3 Å². The largest absolute Gasteiger partial charge is 0.396 e. The van der Waals surface area contributed by atoms with Crippen LogP contribution in [0.15, 0.2) is 30.5 Å². The number of benzene rings is 1. The number of hydrogen-bond acceptors (Lipinski definition) is 3. The number of carbonyl (C=O) groups excluding carboxylic acids is 1. The first-order valence-electron chi connectivity index (χ1n) is 8.31. The second kappa shape index (κ2) is 8.70. The summed E-state index contributed by atoms with van der Waals surface area (Å²) < 4.78 is 7.23. The Kier molecular flexibility index (Phi) is 6.63. The fourth-order valence-corrected chi connectivity index (χ4v) is 2.69. The van der Waals surface area contributed by atoms with Crippen LogP contribution in [0.2, 0.25) is 0 Å². The molecule has 0 aliphatic heterocycles. The van der Waals surface area contributed by atoms with E-state index in [4.69, 9.17) is 9.84 Å². The second-order valence-electron chi connectivity index (χ2n) is 6.24. The predicted molar refractivity (Wildman–Crippen MR) is 96.3 cm³/mol. The molecule has 2 amide bonds. The summed E-state index contributed by atoms with van der Waals surface area (Å²) in [4.78, 5) is 12.2. The molecule has 3 N–H and O–H groups in total. The summed E-state index contributed by atoms with van der Waals surface area (Å²) in [7, 11) is 1.68. The van der Waals surface area contributed by atoms with Gasteiger partial charge in [0, 0.05) is 38.2 Å². The quantitative estimate of drug-likeness (QED) is 0.695. The number of aromatic nitrogens is 1. The number of ether oxygens (including phenoxy) is 1. The molecule has 0 spiro atoms. The summed E-state index contributed by atoms with van der Waals surface area (Å²) in [6, 6.07) is 7.58. The fourth-order valence-electron chi connectivity index (χ4n) is 2.69. The highest BCUT2D eigenvalue weighted by atomic mass is 16.5. The maximum atomic E-state index is 12.2. The average molecular weight is 333 g/mol. The number of carbonyl (C=O) groups is 1. The Morgan fingerprint density at radius 1 is 1.33 bits per heavy atom. The highest BCUT2D eigenvalue weighted by Crippen LogP contribution is 2.20. The number of methoxy groups -OCH3 is 1. The molecular weight excluding hydrogens is 306 g/mol. The van der Waals surface area contributed by atoms with Crippen molar-refractivity contribution in [2.75, 3.05) is 25.6 Å². The number of nitrogens with one attached hydrogen (secondary N) is 2. The fraction of sp³-hybridized carbons (Fsp3) is 0.500. The predicted octanol–water partition coefficient (Wildman–Crippen LogP) is 2.82. The highest BCUT2D eigenvalue weighted by molar-refractivity contribution is 5.93. The highest BCUT2D eigenvalue weighted by Gasteiger charge is 2.15. The van der Waals surface area contributed by atoms with Crippen LogP contribution < -0.4 is 10.6 Å². The van der Waals surface area contributed by atoms with Crippen LogP contribution in [-0.2, 0) is 11.3 Å². The van der Waals surface area contributed by atoms with Crippen molar-refractivity contribution in [1.82, 2.24) is 9.88 Å². The third-order valence-corrected chi connectivity index (χ3v) is 4.13. The Morgan fingerprint density at radius 3 is 2.79 bits per heavy atom. The zero-order valence-corrected chi connectivity index (χ0v) is 14.6. The van der Waals surface area contributed by atoms with E-state index >= 15 is 0 Å². The first-order valence-corrected chi connectivity index (χ1v) is 8.31. The number of urea groups is 1. The number of amides is 2. The minimum absolute atomic E-state index is 0.0516. The molecule has 1 atom stereocenters. The Hall–Kier alpha value is -2.05. The number of anilines is 1. The first-order chi connectivity index (χ1) is 11.5. The van der Waals surface area contributed by atoms with Crippen LogP contribution in [0.3, 0.4) is 0 Å². The molecule has 24 heavy (non-hydrogen) atoms. The second-order valence-corrected chi connectivity index (χ2v) is 6.24. The molecule has 0 radical (unpaired) electrons. The number of fused-ring (bicyclic) bond motifs is 1. The van der Waals surface area contributed by atoms with E-state index in [1.54, 1.807) is 7.11 Å². The lowest BCUT2D eigenvalue weighted by molar-refractivity contribution is 0.188. The van der Waals surface area contributed by atoms with Crippen molar-refractivity contribution in [3.05, 3.63) is 30.5 Å². The number of aliphatic hydroxyl groups excluding tert-OH is 1. The monoisotopic (exact) mass is 333 g/mol. The number of rotatable bonds is 8. The maximum Gasteiger partial charge on any atom is 0.319 e. The zero-order chi connectivity index (χ0) is 17.5. The zero-order valence-electron chi connectivity index (χ0n) is 14.6. The van der Waals surface area contributed by atoms with E-state index < -0.39 is 0 Å².